The van der Waals surface area contributed by atoms with E-state index < -0.39 is 0 Å². The molecule has 0 aliphatic carbocycles. The van der Waals surface area contributed by atoms with E-state index in [1.54, 1.807) is 13.0 Å². The van der Waals surface area contributed by atoms with Gasteiger partial charge in [0.05, 0.1) is 6.04 Å². The lowest BCUT2D eigenvalue weighted by atomic mass is 9.95. The predicted octanol–water partition coefficient (Wildman–Crippen LogP) is 1.44. The second-order valence-electron chi connectivity index (χ2n) is 3.55. The Bertz CT molecular complexity index is 331. The molecule has 0 spiro atoms. The lowest BCUT2D eigenvalue weighted by molar-refractivity contribution is -0.119. The van der Waals surface area contributed by atoms with Crippen LogP contribution in [0.5, 0.6) is 0 Å². The average Bonchev–Trinajstić information content (AvgIpc) is 2.15. The minimum Gasteiger partial charge on any atom is -0.303 e. The summed E-state index contributed by atoms with van der Waals surface area (Å²) < 4.78 is 0. The highest BCUT2D eigenvalue weighted by atomic mass is 16.1. The van der Waals surface area contributed by atoms with Crippen LogP contribution in [0.3, 0.4) is 0 Å². The van der Waals surface area contributed by atoms with Gasteiger partial charge < -0.3 is 5.32 Å². The number of ketones is 1. The molecule has 2 heteroatoms. The molecule has 0 aromatic rings. The van der Waals surface area contributed by atoms with Crippen molar-refractivity contribution in [1.82, 2.24) is 5.32 Å². The number of hydrogen-bond donors (Lipinski definition) is 1. The summed E-state index contributed by atoms with van der Waals surface area (Å²) in [6.07, 6.45) is 9.54. The van der Waals surface area contributed by atoms with Gasteiger partial charge in [0.2, 0.25) is 0 Å². The van der Waals surface area contributed by atoms with Crippen LogP contribution in [0.15, 0.2) is 23.3 Å². The highest BCUT2D eigenvalue weighted by Gasteiger charge is 2.19. The Morgan fingerprint density at radius 1 is 1.71 bits per heavy atom. The van der Waals surface area contributed by atoms with Gasteiger partial charge in [0.1, 0.15) is 5.78 Å². The van der Waals surface area contributed by atoms with Crippen LogP contribution in [-0.4, -0.2) is 18.4 Å². The summed E-state index contributed by atoms with van der Waals surface area (Å²) in [7, 11) is 0. The molecule has 1 N–H and O–H groups in total. The van der Waals surface area contributed by atoms with Crippen molar-refractivity contribution in [2.24, 2.45) is 0 Å². The van der Waals surface area contributed by atoms with E-state index in [2.05, 4.69) is 11.2 Å². The van der Waals surface area contributed by atoms with Crippen molar-refractivity contribution in [3.8, 4) is 12.3 Å². The Morgan fingerprint density at radius 3 is 2.93 bits per heavy atom. The first-order chi connectivity index (χ1) is 6.65. The molecule has 1 rings (SSSR count). The fourth-order valence-corrected chi connectivity index (χ4v) is 1.53. The topological polar surface area (TPSA) is 29.1 Å². The van der Waals surface area contributed by atoms with Crippen molar-refractivity contribution in [1.29, 1.82) is 0 Å². The quantitative estimate of drug-likeness (QED) is 0.666. The van der Waals surface area contributed by atoms with Crippen molar-refractivity contribution in [3.63, 3.8) is 0 Å². The van der Waals surface area contributed by atoms with Crippen molar-refractivity contribution in [2.45, 2.75) is 26.3 Å². The molecule has 0 saturated carbocycles. The third kappa shape index (κ3) is 2.58. The molecule has 1 aliphatic rings. The Morgan fingerprint density at radius 2 is 2.43 bits per heavy atom. The molecule has 1 heterocycles. The number of allylic oxidation sites excluding steroid dienone is 1. The monoisotopic (exact) mass is 189 g/mol. The Hall–Kier alpha value is -1.33. The third-order valence-electron chi connectivity index (χ3n) is 2.47. The third-order valence-corrected chi connectivity index (χ3v) is 2.47. The Balaban J connectivity index is 2.73. The first kappa shape index (κ1) is 10.7. The minimum atomic E-state index is -0.0158. The number of nitrogens with one attached hydrogen (secondary N) is 1. The normalized spacial score (nSPS) is 22.5. The number of carbonyl (C=O) groups excluding carboxylic acids is 1. The van der Waals surface area contributed by atoms with Crippen LogP contribution in [0.4, 0.5) is 0 Å². The van der Waals surface area contributed by atoms with E-state index in [-0.39, 0.29) is 11.8 Å². The molecule has 14 heavy (non-hydrogen) atoms. The molecule has 1 atom stereocenters. The highest BCUT2D eigenvalue weighted by Crippen LogP contribution is 2.17. The van der Waals surface area contributed by atoms with Crippen LogP contribution in [0.25, 0.3) is 0 Å². The van der Waals surface area contributed by atoms with Gasteiger partial charge in [-0.1, -0.05) is 11.5 Å². The smallest absolute Gasteiger partial charge is 0.147 e. The maximum Gasteiger partial charge on any atom is 0.147 e. The number of rotatable bonds is 2. The summed E-state index contributed by atoms with van der Waals surface area (Å²) in [6.45, 7) is 4.40. The van der Waals surface area contributed by atoms with Gasteiger partial charge in [0.15, 0.2) is 0 Å². The zero-order valence-electron chi connectivity index (χ0n) is 8.63. The SMILES string of the molecule is C#C/C=C\C1=C(C)CC(C(C)=O)NC1. The van der Waals surface area contributed by atoms with Crippen LogP contribution in [-0.2, 0) is 4.79 Å². The van der Waals surface area contributed by atoms with Crippen LogP contribution >= 0.6 is 0 Å². The first-order valence-corrected chi connectivity index (χ1v) is 4.70. The molecule has 0 aromatic heterocycles. The maximum absolute atomic E-state index is 11.1. The molecule has 74 valence electrons. The molecule has 0 aromatic carbocycles. The maximum atomic E-state index is 11.1. The molecule has 0 amide bonds. The first-order valence-electron chi connectivity index (χ1n) is 4.70. The number of terminal acetylenes is 1. The largest absolute Gasteiger partial charge is 0.303 e. The van der Waals surface area contributed by atoms with Gasteiger partial charge in [-0.25, -0.2) is 0 Å². The van der Waals surface area contributed by atoms with E-state index in [0.717, 1.165) is 13.0 Å². The van der Waals surface area contributed by atoms with Crippen LogP contribution in [0.2, 0.25) is 0 Å². The lowest BCUT2D eigenvalue weighted by Gasteiger charge is -2.23. The van der Waals surface area contributed by atoms with Crippen LogP contribution in [0.1, 0.15) is 20.3 Å². The van der Waals surface area contributed by atoms with Gasteiger partial charge in [-0.15, -0.1) is 6.42 Å². The standard InChI is InChI=1S/C12H15NO/c1-4-5-6-11-8-13-12(10(3)14)7-9(11)2/h1,5-6,12-13H,7-8H2,2-3H3/b6-5-. The molecule has 0 saturated heterocycles. The molecule has 0 radical (unpaired) electrons. The van der Waals surface area contributed by atoms with E-state index in [1.807, 2.05) is 13.0 Å². The van der Waals surface area contributed by atoms with E-state index in [1.165, 1.54) is 11.1 Å². The molecule has 0 fully saturated rings. The second-order valence-corrected chi connectivity index (χ2v) is 3.55. The summed E-state index contributed by atoms with van der Waals surface area (Å²) in [6, 6.07) is -0.0158. The van der Waals surface area contributed by atoms with Gasteiger partial charge in [0, 0.05) is 6.54 Å². The van der Waals surface area contributed by atoms with Gasteiger partial charge in [0.25, 0.3) is 0 Å². The number of carbonyl (C=O) groups is 1. The molecule has 0 bridgehead atoms. The van der Waals surface area contributed by atoms with E-state index in [0.29, 0.717) is 0 Å². The molecular formula is C12H15NO. The summed E-state index contributed by atoms with van der Waals surface area (Å²) >= 11 is 0. The van der Waals surface area contributed by atoms with Gasteiger partial charge in [-0.2, -0.15) is 0 Å². The van der Waals surface area contributed by atoms with Gasteiger partial charge in [-0.05, 0) is 38.0 Å². The second kappa shape index (κ2) is 4.78. The van der Waals surface area contributed by atoms with E-state index in [9.17, 15) is 4.79 Å². The predicted molar refractivity (Wildman–Crippen MR) is 57.8 cm³/mol. The van der Waals surface area contributed by atoms with Crippen molar-refractivity contribution in [3.05, 3.63) is 23.3 Å². The molecular weight excluding hydrogens is 174 g/mol. The summed E-state index contributed by atoms with van der Waals surface area (Å²) in [5, 5.41) is 3.18. The highest BCUT2D eigenvalue weighted by molar-refractivity contribution is 5.82. The fraction of sp³-hybridized carbons (Fsp3) is 0.417. The summed E-state index contributed by atoms with van der Waals surface area (Å²) in [4.78, 5) is 11.1. The minimum absolute atomic E-state index is 0.0158. The van der Waals surface area contributed by atoms with Gasteiger partial charge >= 0.3 is 0 Å². The van der Waals surface area contributed by atoms with E-state index >= 15 is 0 Å². The number of Topliss-reactive ketones (excluding diaryl/α,β-unsaturated/α-hetero) is 1. The van der Waals surface area contributed by atoms with Crippen molar-refractivity contribution < 1.29 is 4.79 Å². The van der Waals surface area contributed by atoms with Crippen LogP contribution in [0, 0.1) is 12.3 Å². The zero-order valence-corrected chi connectivity index (χ0v) is 8.63. The molecule has 1 aliphatic heterocycles. The van der Waals surface area contributed by atoms with Crippen molar-refractivity contribution in [2.75, 3.05) is 6.54 Å². The van der Waals surface area contributed by atoms with Gasteiger partial charge in [-0.3, -0.25) is 4.79 Å². The average molecular weight is 189 g/mol. The Labute approximate surface area is 85.1 Å². The summed E-state index contributed by atoms with van der Waals surface area (Å²) in [5.41, 5.74) is 2.44. The van der Waals surface area contributed by atoms with Crippen molar-refractivity contribution >= 4 is 5.78 Å². The fourth-order valence-electron chi connectivity index (χ4n) is 1.53. The molecule has 2 nitrogen and oxygen atoms in total. The van der Waals surface area contributed by atoms with E-state index in [4.69, 9.17) is 6.42 Å². The number of hydrogen-bond acceptors (Lipinski definition) is 2. The zero-order chi connectivity index (χ0) is 10.6. The Kier molecular flexibility index (Phi) is 3.67. The van der Waals surface area contributed by atoms with Crippen LogP contribution < -0.4 is 5.32 Å². The summed E-state index contributed by atoms with van der Waals surface area (Å²) in [5.74, 6) is 2.66. The lowest BCUT2D eigenvalue weighted by Crippen LogP contribution is -2.39. The molecule has 1 unspecified atom stereocenters.